The first-order valence-corrected chi connectivity index (χ1v) is 8.67. The summed E-state index contributed by atoms with van der Waals surface area (Å²) in [6, 6.07) is 7.80. The lowest BCUT2D eigenvalue weighted by atomic mass is 10.2. The maximum atomic E-state index is 12.1. The van der Waals surface area contributed by atoms with E-state index in [2.05, 4.69) is 15.2 Å². The monoisotopic (exact) mass is 331 g/mol. The number of nitrogens with zero attached hydrogens (tertiary/aromatic N) is 2. The average Bonchev–Trinajstić information content (AvgIpc) is 2.97. The molecule has 122 valence electrons. The van der Waals surface area contributed by atoms with Crippen LogP contribution in [0.5, 0.6) is 0 Å². The summed E-state index contributed by atoms with van der Waals surface area (Å²) < 4.78 is 5.35. The Morgan fingerprint density at radius 1 is 1.30 bits per heavy atom. The number of amides is 1. The lowest BCUT2D eigenvalue weighted by Crippen LogP contribution is -2.35. The van der Waals surface area contributed by atoms with E-state index in [9.17, 15) is 4.79 Å². The summed E-state index contributed by atoms with van der Waals surface area (Å²) in [6.07, 6.45) is 0.313. The van der Waals surface area contributed by atoms with Crippen LogP contribution >= 0.6 is 11.3 Å². The molecule has 1 amide bonds. The van der Waals surface area contributed by atoms with Gasteiger partial charge in [-0.3, -0.25) is 9.69 Å². The number of hydrogen-bond donors (Lipinski definition) is 1. The van der Waals surface area contributed by atoms with Gasteiger partial charge in [-0.05, 0) is 19.1 Å². The summed E-state index contributed by atoms with van der Waals surface area (Å²) in [7, 11) is 0. The standard InChI is InChI=1S/C17H21N3O2S/c1-13-2-4-14(5-3-13)18-16(21)10-15-12-23-17(19-15)11-20-6-8-22-9-7-20/h2-5,12H,6-11H2,1H3,(H,18,21). The number of aromatic nitrogens is 1. The molecule has 0 radical (unpaired) electrons. The third-order valence-electron chi connectivity index (χ3n) is 3.74. The Labute approximate surface area is 140 Å². The number of carbonyl (C=O) groups is 1. The second-order valence-electron chi connectivity index (χ2n) is 5.71. The van der Waals surface area contributed by atoms with Crippen LogP contribution in [0.3, 0.4) is 0 Å². The number of thiazole rings is 1. The molecule has 0 bridgehead atoms. The topological polar surface area (TPSA) is 54.5 Å². The number of nitrogens with one attached hydrogen (secondary N) is 1. The zero-order valence-electron chi connectivity index (χ0n) is 13.2. The number of aryl methyl sites for hydroxylation is 1. The van der Waals surface area contributed by atoms with Crippen LogP contribution < -0.4 is 5.32 Å². The summed E-state index contributed by atoms with van der Waals surface area (Å²) in [5.74, 6) is -0.0305. The zero-order valence-corrected chi connectivity index (χ0v) is 14.1. The van der Waals surface area contributed by atoms with E-state index in [4.69, 9.17) is 4.74 Å². The lowest BCUT2D eigenvalue weighted by molar-refractivity contribution is -0.115. The number of benzene rings is 1. The molecule has 1 fully saturated rings. The summed E-state index contributed by atoms with van der Waals surface area (Å²) in [5.41, 5.74) is 2.84. The van der Waals surface area contributed by atoms with Crippen molar-refractivity contribution < 1.29 is 9.53 Å². The van der Waals surface area contributed by atoms with Crippen LogP contribution in [-0.2, 0) is 22.5 Å². The number of hydrogen-bond acceptors (Lipinski definition) is 5. The smallest absolute Gasteiger partial charge is 0.230 e. The van der Waals surface area contributed by atoms with Gasteiger partial charge in [0.25, 0.3) is 0 Å². The molecule has 1 aromatic carbocycles. The van der Waals surface area contributed by atoms with Crippen LogP contribution in [0.15, 0.2) is 29.6 Å². The molecule has 23 heavy (non-hydrogen) atoms. The Kier molecular flexibility index (Phi) is 5.38. The van der Waals surface area contributed by atoms with Gasteiger partial charge in [-0.2, -0.15) is 0 Å². The van der Waals surface area contributed by atoms with Crippen LogP contribution in [-0.4, -0.2) is 42.1 Å². The Morgan fingerprint density at radius 3 is 2.78 bits per heavy atom. The number of ether oxygens (including phenoxy) is 1. The Bertz CT molecular complexity index is 648. The highest BCUT2D eigenvalue weighted by Crippen LogP contribution is 2.15. The minimum absolute atomic E-state index is 0.0305. The first-order chi connectivity index (χ1) is 11.2. The van der Waals surface area contributed by atoms with Crippen molar-refractivity contribution in [2.45, 2.75) is 19.9 Å². The largest absolute Gasteiger partial charge is 0.379 e. The van der Waals surface area contributed by atoms with E-state index in [0.717, 1.165) is 49.2 Å². The highest BCUT2D eigenvalue weighted by molar-refractivity contribution is 7.09. The Balaban J connectivity index is 1.51. The van der Waals surface area contributed by atoms with E-state index < -0.39 is 0 Å². The third kappa shape index (κ3) is 4.86. The minimum Gasteiger partial charge on any atom is -0.379 e. The van der Waals surface area contributed by atoms with Gasteiger partial charge in [0, 0.05) is 24.2 Å². The number of morpholine rings is 1. The van der Waals surface area contributed by atoms with Crippen molar-refractivity contribution in [1.29, 1.82) is 0 Å². The predicted octanol–water partition coefficient (Wildman–Crippen LogP) is 2.46. The predicted molar refractivity (Wildman–Crippen MR) is 91.7 cm³/mol. The summed E-state index contributed by atoms with van der Waals surface area (Å²) in [5, 5.41) is 5.94. The number of anilines is 1. The molecule has 3 rings (SSSR count). The summed E-state index contributed by atoms with van der Waals surface area (Å²) in [4.78, 5) is 19.0. The molecule has 1 aliphatic rings. The fourth-order valence-electron chi connectivity index (χ4n) is 2.46. The van der Waals surface area contributed by atoms with Crippen molar-refractivity contribution in [3.63, 3.8) is 0 Å². The van der Waals surface area contributed by atoms with Gasteiger partial charge in [0.05, 0.1) is 31.9 Å². The number of rotatable bonds is 5. The highest BCUT2D eigenvalue weighted by Gasteiger charge is 2.14. The van der Waals surface area contributed by atoms with Gasteiger partial charge < -0.3 is 10.1 Å². The fraction of sp³-hybridized carbons (Fsp3) is 0.412. The molecule has 1 N–H and O–H groups in total. The molecule has 6 heteroatoms. The van der Waals surface area contributed by atoms with E-state index in [1.165, 1.54) is 5.56 Å². The van der Waals surface area contributed by atoms with Crippen molar-refractivity contribution >= 4 is 22.9 Å². The van der Waals surface area contributed by atoms with Crippen molar-refractivity contribution in [3.05, 3.63) is 45.9 Å². The average molecular weight is 331 g/mol. The molecule has 0 unspecified atom stereocenters. The van der Waals surface area contributed by atoms with Gasteiger partial charge >= 0.3 is 0 Å². The quantitative estimate of drug-likeness (QED) is 0.914. The van der Waals surface area contributed by atoms with E-state index in [1.54, 1.807) is 11.3 Å². The van der Waals surface area contributed by atoms with Gasteiger partial charge in [0.1, 0.15) is 5.01 Å². The van der Waals surface area contributed by atoms with Crippen LogP contribution in [0.2, 0.25) is 0 Å². The molecule has 5 nitrogen and oxygen atoms in total. The SMILES string of the molecule is Cc1ccc(NC(=O)Cc2csc(CN3CCOCC3)n2)cc1. The fourth-order valence-corrected chi connectivity index (χ4v) is 3.30. The molecule has 2 aromatic rings. The summed E-state index contributed by atoms with van der Waals surface area (Å²) >= 11 is 1.62. The molecule has 0 aliphatic carbocycles. The molecule has 1 saturated heterocycles. The Hall–Kier alpha value is -1.76. The molecular weight excluding hydrogens is 310 g/mol. The second-order valence-corrected chi connectivity index (χ2v) is 6.65. The molecule has 1 aromatic heterocycles. The van der Waals surface area contributed by atoms with Crippen LogP contribution in [0.25, 0.3) is 0 Å². The van der Waals surface area contributed by atoms with Gasteiger partial charge in [0.15, 0.2) is 0 Å². The molecule has 2 heterocycles. The maximum Gasteiger partial charge on any atom is 0.230 e. The lowest BCUT2D eigenvalue weighted by Gasteiger charge is -2.25. The maximum absolute atomic E-state index is 12.1. The van der Waals surface area contributed by atoms with Gasteiger partial charge in [-0.25, -0.2) is 4.98 Å². The first-order valence-electron chi connectivity index (χ1n) is 7.79. The van der Waals surface area contributed by atoms with E-state index in [-0.39, 0.29) is 5.91 Å². The van der Waals surface area contributed by atoms with Gasteiger partial charge in [0.2, 0.25) is 5.91 Å². The zero-order chi connectivity index (χ0) is 16.1. The molecule has 0 atom stereocenters. The van der Waals surface area contributed by atoms with E-state index in [0.29, 0.717) is 6.42 Å². The molecule has 0 saturated carbocycles. The second kappa shape index (κ2) is 7.68. The van der Waals surface area contributed by atoms with Crippen molar-refractivity contribution in [3.8, 4) is 0 Å². The highest BCUT2D eigenvalue weighted by atomic mass is 32.1. The van der Waals surface area contributed by atoms with Gasteiger partial charge in [-0.15, -0.1) is 11.3 Å². The van der Waals surface area contributed by atoms with Gasteiger partial charge in [-0.1, -0.05) is 17.7 Å². The van der Waals surface area contributed by atoms with Crippen LogP contribution in [0, 0.1) is 6.92 Å². The third-order valence-corrected chi connectivity index (χ3v) is 4.62. The van der Waals surface area contributed by atoms with Crippen molar-refractivity contribution in [2.75, 3.05) is 31.6 Å². The van der Waals surface area contributed by atoms with Crippen LogP contribution in [0.4, 0.5) is 5.69 Å². The van der Waals surface area contributed by atoms with E-state index >= 15 is 0 Å². The number of carbonyl (C=O) groups excluding carboxylic acids is 1. The minimum atomic E-state index is -0.0305. The van der Waals surface area contributed by atoms with E-state index in [1.807, 2.05) is 36.6 Å². The van der Waals surface area contributed by atoms with Crippen molar-refractivity contribution in [1.82, 2.24) is 9.88 Å². The normalized spacial score (nSPS) is 15.5. The summed E-state index contributed by atoms with van der Waals surface area (Å²) in [6.45, 7) is 6.34. The molecular formula is C17H21N3O2S. The first kappa shape index (κ1) is 16.1. The molecule has 0 spiro atoms. The molecule has 1 aliphatic heterocycles. The van der Waals surface area contributed by atoms with Crippen molar-refractivity contribution in [2.24, 2.45) is 0 Å². The Morgan fingerprint density at radius 2 is 2.04 bits per heavy atom. The van der Waals surface area contributed by atoms with Crippen LogP contribution in [0.1, 0.15) is 16.3 Å².